The zero-order valence-corrected chi connectivity index (χ0v) is 13.7. The number of carbonyl (C=O) groups is 1. The van der Waals surface area contributed by atoms with Gasteiger partial charge in [-0.25, -0.2) is 9.97 Å². The van der Waals surface area contributed by atoms with E-state index in [1.807, 2.05) is 27.0 Å². The van der Waals surface area contributed by atoms with Crippen LogP contribution in [0.3, 0.4) is 0 Å². The van der Waals surface area contributed by atoms with Crippen LogP contribution >= 0.6 is 11.8 Å². The molecule has 5 nitrogen and oxygen atoms in total. The highest BCUT2D eigenvalue weighted by Crippen LogP contribution is 2.37. The number of aromatic nitrogens is 2. The first-order valence-corrected chi connectivity index (χ1v) is 8.30. The first-order chi connectivity index (χ1) is 10.1. The quantitative estimate of drug-likeness (QED) is 0.665. The minimum absolute atomic E-state index is 0.136. The molecule has 0 aromatic carbocycles. The summed E-state index contributed by atoms with van der Waals surface area (Å²) in [6, 6.07) is 1.89. The van der Waals surface area contributed by atoms with Crippen LogP contribution in [0.5, 0.6) is 0 Å². The molecular weight excluding hydrogens is 286 g/mol. The van der Waals surface area contributed by atoms with E-state index in [2.05, 4.69) is 15.3 Å². The molecule has 0 spiro atoms. The highest BCUT2D eigenvalue weighted by molar-refractivity contribution is 7.99. The monoisotopic (exact) mass is 309 g/mol. The Morgan fingerprint density at radius 3 is 3.10 bits per heavy atom. The third-order valence-corrected chi connectivity index (χ3v) is 5.04. The van der Waals surface area contributed by atoms with Gasteiger partial charge in [-0.3, -0.25) is 4.79 Å². The molecule has 2 unspecified atom stereocenters. The van der Waals surface area contributed by atoms with Crippen LogP contribution in [0, 0.1) is 6.92 Å². The maximum Gasteiger partial charge on any atom is 0.326 e. The predicted molar refractivity (Wildman–Crippen MR) is 83.3 cm³/mol. The molecule has 1 N–H and O–H groups in total. The van der Waals surface area contributed by atoms with E-state index in [4.69, 9.17) is 4.74 Å². The zero-order chi connectivity index (χ0) is 15.3. The number of hydrogen-bond donors (Lipinski definition) is 1. The van der Waals surface area contributed by atoms with Crippen molar-refractivity contribution in [2.24, 2.45) is 0 Å². The van der Waals surface area contributed by atoms with Crippen molar-refractivity contribution in [3.8, 4) is 0 Å². The van der Waals surface area contributed by atoms with E-state index in [-0.39, 0.29) is 5.97 Å². The molecule has 1 aromatic rings. The van der Waals surface area contributed by atoms with Crippen molar-refractivity contribution in [3.63, 3.8) is 0 Å². The van der Waals surface area contributed by atoms with Gasteiger partial charge in [0.05, 0.1) is 6.61 Å². The van der Waals surface area contributed by atoms with E-state index in [9.17, 15) is 4.79 Å². The molecular formula is C15H23N3O2S. The number of esters is 1. The summed E-state index contributed by atoms with van der Waals surface area (Å²) in [5.74, 6) is -0.136. The maximum absolute atomic E-state index is 12.3. The van der Waals surface area contributed by atoms with Crippen LogP contribution in [-0.4, -0.2) is 40.4 Å². The maximum atomic E-state index is 12.3. The van der Waals surface area contributed by atoms with Crippen LogP contribution in [0.1, 0.15) is 38.3 Å². The fourth-order valence-corrected chi connectivity index (χ4v) is 4.01. The average molecular weight is 309 g/mol. The second-order valence-electron chi connectivity index (χ2n) is 5.37. The summed E-state index contributed by atoms with van der Waals surface area (Å²) in [6.45, 7) is 4.22. The third kappa shape index (κ3) is 3.95. The second-order valence-corrected chi connectivity index (χ2v) is 6.64. The topological polar surface area (TPSA) is 64.1 Å². The minimum atomic E-state index is -0.560. The number of nitrogens with one attached hydrogen (secondary N) is 1. The van der Waals surface area contributed by atoms with Gasteiger partial charge in [0, 0.05) is 17.1 Å². The second kappa shape index (κ2) is 7.22. The van der Waals surface area contributed by atoms with E-state index in [1.54, 1.807) is 18.0 Å². The number of aryl methyl sites for hydroxylation is 1. The number of thioether (sulfide) groups is 1. The highest BCUT2D eigenvalue weighted by atomic mass is 32.2. The Morgan fingerprint density at radius 2 is 2.43 bits per heavy atom. The van der Waals surface area contributed by atoms with Crippen LogP contribution in [0.15, 0.2) is 17.4 Å². The Bertz CT molecular complexity index is 498. The molecule has 0 radical (unpaired) electrons. The van der Waals surface area contributed by atoms with Crippen LogP contribution in [0.2, 0.25) is 0 Å². The summed E-state index contributed by atoms with van der Waals surface area (Å²) in [4.78, 5) is 21.0. The Hall–Kier alpha value is -1.14. The molecule has 2 rings (SSSR count). The van der Waals surface area contributed by atoms with Gasteiger partial charge in [-0.15, -0.1) is 0 Å². The van der Waals surface area contributed by atoms with Gasteiger partial charge in [0.1, 0.15) is 5.54 Å². The third-order valence-electron chi connectivity index (χ3n) is 3.90. The van der Waals surface area contributed by atoms with Gasteiger partial charge in [0.25, 0.3) is 0 Å². The number of ether oxygens (including phenoxy) is 1. The summed E-state index contributed by atoms with van der Waals surface area (Å²) in [7, 11) is 1.84. The molecule has 21 heavy (non-hydrogen) atoms. The number of likely N-dealkylation sites (N-methyl/N-ethyl adjacent to an activating group) is 1. The van der Waals surface area contributed by atoms with Crippen LogP contribution in [0.4, 0.5) is 0 Å². The van der Waals surface area contributed by atoms with Crippen molar-refractivity contribution in [2.75, 3.05) is 13.7 Å². The summed E-state index contributed by atoms with van der Waals surface area (Å²) in [6.07, 6.45) is 5.44. The van der Waals surface area contributed by atoms with E-state index in [0.717, 1.165) is 36.5 Å². The Balaban J connectivity index is 2.07. The lowest BCUT2D eigenvalue weighted by Crippen LogP contribution is -2.54. The largest absolute Gasteiger partial charge is 0.465 e. The van der Waals surface area contributed by atoms with Gasteiger partial charge in [0.2, 0.25) is 0 Å². The fourth-order valence-electron chi connectivity index (χ4n) is 2.74. The lowest BCUT2D eigenvalue weighted by Gasteiger charge is -2.38. The SMILES string of the molecule is CCOC(=O)C1(NC)CCCC(Sc2nccc(C)n2)C1. The zero-order valence-electron chi connectivity index (χ0n) is 12.9. The van der Waals surface area contributed by atoms with Gasteiger partial charge >= 0.3 is 5.97 Å². The first-order valence-electron chi connectivity index (χ1n) is 7.42. The molecule has 2 atom stereocenters. The van der Waals surface area contributed by atoms with Crippen molar-refractivity contribution in [2.45, 2.75) is 55.5 Å². The summed E-state index contributed by atoms with van der Waals surface area (Å²) >= 11 is 1.66. The molecule has 1 heterocycles. The van der Waals surface area contributed by atoms with E-state index in [1.165, 1.54) is 0 Å². The van der Waals surface area contributed by atoms with E-state index >= 15 is 0 Å². The molecule has 6 heteroatoms. The summed E-state index contributed by atoms with van der Waals surface area (Å²) in [5.41, 5.74) is 0.407. The lowest BCUT2D eigenvalue weighted by molar-refractivity contribution is -0.152. The van der Waals surface area contributed by atoms with Gasteiger partial charge in [0.15, 0.2) is 5.16 Å². The Labute approximate surface area is 130 Å². The molecule has 116 valence electrons. The smallest absolute Gasteiger partial charge is 0.326 e. The molecule has 0 saturated heterocycles. The van der Waals surface area contributed by atoms with Gasteiger partial charge in [-0.05, 0) is 52.6 Å². The molecule has 1 aliphatic rings. The van der Waals surface area contributed by atoms with Crippen LogP contribution in [-0.2, 0) is 9.53 Å². The molecule has 0 aliphatic heterocycles. The molecule has 0 bridgehead atoms. The Morgan fingerprint density at radius 1 is 1.62 bits per heavy atom. The Kier molecular flexibility index (Phi) is 5.58. The minimum Gasteiger partial charge on any atom is -0.465 e. The van der Waals surface area contributed by atoms with E-state index in [0.29, 0.717) is 11.9 Å². The predicted octanol–water partition coefficient (Wildman–Crippen LogP) is 2.34. The van der Waals surface area contributed by atoms with Gasteiger partial charge in [-0.1, -0.05) is 11.8 Å². The lowest BCUT2D eigenvalue weighted by atomic mass is 9.81. The summed E-state index contributed by atoms with van der Waals surface area (Å²) in [5, 5.41) is 4.32. The van der Waals surface area contributed by atoms with Gasteiger partial charge in [-0.2, -0.15) is 0 Å². The van der Waals surface area contributed by atoms with Crippen molar-refractivity contribution >= 4 is 17.7 Å². The average Bonchev–Trinajstić information content (AvgIpc) is 2.47. The fraction of sp³-hybridized carbons (Fsp3) is 0.667. The number of rotatable bonds is 5. The summed E-state index contributed by atoms with van der Waals surface area (Å²) < 4.78 is 5.25. The van der Waals surface area contributed by atoms with Crippen molar-refractivity contribution in [1.82, 2.24) is 15.3 Å². The van der Waals surface area contributed by atoms with Gasteiger partial charge < -0.3 is 10.1 Å². The van der Waals surface area contributed by atoms with Crippen molar-refractivity contribution in [1.29, 1.82) is 0 Å². The van der Waals surface area contributed by atoms with Crippen molar-refractivity contribution in [3.05, 3.63) is 18.0 Å². The van der Waals surface area contributed by atoms with Crippen LogP contribution < -0.4 is 5.32 Å². The number of carbonyl (C=O) groups excluding carboxylic acids is 1. The van der Waals surface area contributed by atoms with Crippen molar-refractivity contribution < 1.29 is 9.53 Å². The normalized spacial score (nSPS) is 25.6. The molecule has 1 aliphatic carbocycles. The number of hydrogen-bond acceptors (Lipinski definition) is 6. The van der Waals surface area contributed by atoms with Crippen LogP contribution in [0.25, 0.3) is 0 Å². The molecule has 0 amide bonds. The van der Waals surface area contributed by atoms with E-state index < -0.39 is 5.54 Å². The molecule has 1 aromatic heterocycles. The standard InChI is InChI=1S/C15H23N3O2S/c1-4-20-13(19)15(16-3)8-5-6-12(10-15)21-14-17-9-7-11(2)18-14/h7,9,12,16H,4-6,8,10H2,1-3H3. The molecule has 1 fully saturated rings. The first kappa shape index (κ1) is 16.2. The molecule has 1 saturated carbocycles. The number of nitrogens with zero attached hydrogens (tertiary/aromatic N) is 2. The highest BCUT2D eigenvalue weighted by Gasteiger charge is 2.43.